The maximum Gasteiger partial charge on any atom is 0.336 e. The van der Waals surface area contributed by atoms with Gasteiger partial charge < -0.3 is 10.8 Å². The molecule has 5 heteroatoms. The Morgan fingerprint density at radius 2 is 1.86 bits per heavy atom. The quantitative estimate of drug-likeness (QED) is 0.656. The number of carboxylic acid groups (broad SMARTS) is 1. The van der Waals surface area contributed by atoms with Crippen LogP contribution in [-0.4, -0.2) is 16.9 Å². The molecule has 1 aliphatic heterocycles. The highest BCUT2D eigenvalue weighted by atomic mass is 32.2. The maximum absolute atomic E-state index is 12.3. The van der Waals surface area contributed by atoms with Gasteiger partial charge >= 0.3 is 5.97 Å². The molecule has 0 amide bonds. The van der Waals surface area contributed by atoms with Crippen molar-refractivity contribution in [1.29, 1.82) is 0 Å². The molecule has 0 aromatic heterocycles. The number of rotatable bonds is 2. The van der Waals surface area contributed by atoms with Gasteiger partial charge in [0.2, 0.25) is 5.78 Å². The highest BCUT2D eigenvalue weighted by Crippen LogP contribution is 2.42. The van der Waals surface area contributed by atoms with E-state index < -0.39 is 5.97 Å². The summed E-state index contributed by atoms with van der Waals surface area (Å²) in [6.07, 6.45) is 1.75. The van der Waals surface area contributed by atoms with Gasteiger partial charge in [0, 0.05) is 16.1 Å². The van der Waals surface area contributed by atoms with Crippen LogP contribution in [0.25, 0.3) is 6.08 Å². The normalized spacial score (nSPS) is 15.2. The minimum atomic E-state index is -1.03. The molecule has 104 valence electrons. The van der Waals surface area contributed by atoms with Gasteiger partial charge in [-0.2, -0.15) is 0 Å². The Labute approximate surface area is 125 Å². The van der Waals surface area contributed by atoms with Gasteiger partial charge in [-0.25, -0.2) is 4.79 Å². The van der Waals surface area contributed by atoms with Crippen LogP contribution in [0.15, 0.2) is 52.3 Å². The fraction of sp³-hybridized carbons (Fsp3) is 0. The van der Waals surface area contributed by atoms with Crippen LogP contribution in [0.5, 0.6) is 0 Å². The third-order valence-corrected chi connectivity index (χ3v) is 4.33. The molecule has 3 N–H and O–H groups in total. The van der Waals surface area contributed by atoms with Crippen molar-refractivity contribution in [2.45, 2.75) is 4.90 Å². The van der Waals surface area contributed by atoms with E-state index in [-0.39, 0.29) is 11.3 Å². The molecule has 1 heterocycles. The lowest BCUT2D eigenvalue weighted by molar-refractivity contribution is 0.0693. The smallest absolute Gasteiger partial charge is 0.336 e. The zero-order chi connectivity index (χ0) is 15.0. The lowest BCUT2D eigenvalue weighted by Gasteiger charge is -2.00. The van der Waals surface area contributed by atoms with Crippen LogP contribution in [0, 0.1) is 0 Å². The van der Waals surface area contributed by atoms with E-state index in [0.717, 1.165) is 5.56 Å². The number of nitrogen functional groups attached to an aromatic ring is 1. The molecular formula is C16H11NO3S. The van der Waals surface area contributed by atoms with Gasteiger partial charge in [-0.15, -0.1) is 0 Å². The predicted octanol–water partition coefficient (Wildman–Crippen LogP) is 3.30. The summed E-state index contributed by atoms with van der Waals surface area (Å²) < 4.78 is 0. The molecule has 3 rings (SSSR count). The summed E-state index contributed by atoms with van der Waals surface area (Å²) in [5, 5.41) is 9.18. The number of fused-ring (bicyclic) bond motifs is 1. The Balaban J connectivity index is 2.02. The van der Waals surface area contributed by atoms with Crippen LogP contribution in [0.2, 0.25) is 0 Å². The van der Waals surface area contributed by atoms with Gasteiger partial charge in [-0.05, 0) is 35.9 Å². The third-order valence-electron chi connectivity index (χ3n) is 3.16. The van der Waals surface area contributed by atoms with Gasteiger partial charge in [0.15, 0.2) is 0 Å². The van der Waals surface area contributed by atoms with Crippen molar-refractivity contribution < 1.29 is 14.7 Å². The molecular weight excluding hydrogens is 286 g/mol. The molecule has 0 radical (unpaired) electrons. The van der Waals surface area contributed by atoms with E-state index in [2.05, 4.69) is 0 Å². The molecule has 0 bridgehead atoms. The second kappa shape index (κ2) is 5.10. The number of hydrogen-bond acceptors (Lipinski definition) is 4. The summed E-state index contributed by atoms with van der Waals surface area (Å²) in [6.45, 7) is 0. The second-order valence-corrected chi connectivity index (χ2v) is 5.65. The SMILES string of the molecule is Nc1ccc(/C=C2\Sc3c(C(=O)O)cccc3C2=O)cc1. The minimum absolute atomic E-state index is 0.144. The number of Topliss-reactive ketones (excluding diaryl/α,β-unsaturated/α-hetero) is 1. The number of carbonyl (C=O) groups excluding carboxylic acids is 1. The third kappa shape index (κ3) is 2.43. The molecule has 0 aliphatic carbocycles. The number of nitrogens with two attached hydrogens (primary N) is 1. The number of benzene rings is 2. The van der Waals surface area contributed by atoms with Gasteiger partial charge in [-0.3, -0.25) is 4.79 Å². The summed E-state index contributed by atoms with van der Waals surface area (Å²) in [5.41, 5.74) is 7.73. The Morgan fingerprint density at radius 1 is 1.14 bits per heavy atom. The topological polar surface area (TPSA) is 80.4 Å². The fourth-order valence-corrected chi connectivity index (χ4v) is 3.28. The first-order valence-electron chi connectivity index (χ1n) is 6.22. The van der Waals surface area contributed by atoms with Crippen LogP contribution in [0.4, 0.5) is 5.69 Å². The predicted molar refractivity (Wildman–Crippen MR) is 82.4 cm³/mol. The summed E-state index contributed by atoms with van der Waals surface area (Å²) in [4.78, 5) is 24.6. The molecule has 0 saturated heterocycles. The monoisotopic (exact) mass is 297 g/mol. The van der Waals surface area contributed by atoms with E-state index in [1.807, 2.05) is 12.1 Å². The Morgan fingerprint density at radius 3 is 2.52 bits per heavy atom. The molecule has 21 heavy (non-hydrogen) atoms. The van der Waals surface area contributed by atoms with Gasteiger partial charge in [0.25, 0.3) is 0 Å². The van der Waals surface area contributed by atoms with Crippen molar-refractivity contribution in [3.63, 3.8) is 0 Å². The zero-order valence-electron chi connectivity index (χ0n) is 10.9. The Bertz CT molecular complexity index is 779. The standard InChI is InChI=1S/C16H11NO3S/c17-10-6-4-9(5-7-10)8-13-14(18)11-2-1-3-12(16(19)20)15(11)21-13/h1-8H,17H2,(H,19,20)/b13-8-. The number of carbonyl (C=O) groups is 2. The number of ketones is 1. The van der Waals surface area contributed by atoms with Crippen LogP contribution in [0.1, 0.15) is 26.3 Å². The molecule has 0 saturated carbocycles. The summed E-state index contributed by atoms with van der Waals surface area (Å²) in [7, 11) is 0. The van der Waals surface area contributed by atoms with Crippen LogP contribution < -0.4 is 5.73 Å². The molecule has 0 spiro atoms. The summed E-state index contributed by atoms with van der Waals surface area (Å²) in [5.74, 6) is -1.17. The average molecular weight is 297 g/mol. The van der Waals surface area contributed by atoms with E-state index in [9.17, 15) is 14.7 Å². The molecule has 1 aliphatic rings. The zero-order valence-corrected chi connectivity index (χ0v) is 11.7. The molecule has 0 fully saturated rings. The molecule has 0 unspecified atom stereocenters. The number of thioether (sulfide) groups is 1. The lowest BCUT2D eigenvalue weighted by atomic mass is 10.1. The fourth-order valence-electron chi connectivity index (χ4n) is 2.12. The van der Waals surface area contributed by atoms with Crippen LogP contribution in [-0.2, 0) is 0 Å². The first kappa shape index (κ1) is 13.5. The minimum Gasteiger partial charge on any atom is -0.478 e. The number of carboxylic acids is 1. The molecule has 2 aromatic carbocycles. The number of allylic oxidation sites excluding steroid dienone is 1. The van der Waals surface area contributed by atoms with Crippen molar-refractivity contribution in [2.75, 3.05) is 5.73 Å². The average Bonchev–Trinajstić information content (AvgIpc) is 2.78. The molecule has 2 aromatic rings. The van der Waals surface area contributed by atoms with Gasteiger partial charge in [-0.1, -0.05) is 30.0 Å². The number of aromatic carboxylic acids is 1. The van der Waals surface area contributed by atoms with E-state index in [4.69, 9.17) is 5.73 Å². The van der Waals surface area contributed by atoms with Crippen LogP contribution >= 0.6 is 11.8 Å². The first-order valence-corrected chi connectivity index (χ1v) is 7.04. The largest absolute Gasteiger partial charge is 0.478 e. The maximum atomic E-state index is 12.3. The number of hydrogen-bond donors (Lipinski definition) is 2. The highest BCUT2D eigenvalue weighted by molar-refractivity contribution is 8.05. The van der Waals surface area contributed by atoms with E-state index in [0.29, 0.717) is 21.1 Å². The lowest BCUT2D eigenvalue weighted by Crippen LogP contribution is -2.00. The second-order valence-electron chi connectivity index (χ2n) is 4.59. The molecule has 4 nitrogen and oxygen atoms in total. The van der Waals surface area contributed by atoms with Gasteiger partial charge in [0.05, 0.1) is 10.5 Å². The van der Waals surface area contributed by atoms with Crippen LogP contribution in [0.3, 0.4) is 0 Å². The number of anilines is 1. The summed E-state index contributed by atoms with van der Waals surface area (Å²) in [6, 6.07) is 11.9. The van der Waals surface area contributed by atoms with Crippen molar-refractivity contribution in [3.8, 4) is 0 Å². The van der Waals surface area contributed by atoms with Crippen molar-refractivity contribution in [1.82, 2.24) is 0 Å². The molecule has 0 atom stereocenters. The van der Waals surface area contributed by atoms with Crippen molar-refractivity contribution in [2.24, 2.45) is 0 Å². The van der Waals surface area contributed by atoms with E-state index in [1.165, 1.54) is 17.8 Å². The highest BCUT2D eigenvalue weighted by Gasteiger charge is 2.29. The van der Waals surface area contributed by atoms with E-state index >= 15 is 0 Å². The Hall–Kier alpha value is -2.53. The summed E-state index contributed by atoms with van der Waals surface area (Å²) >= 11 is 1.20. The van der Waals surface area contributed by atoms with E-state index in [1.54, 1.807) is 30.3 Å². The van der Waals surface area contributed by atoms with Gasteiger partial charge in [0.1, 0.15) is 0 Å². The van der Waals surface area contributed by atoms with Crippen molar-refractivity contribution >= 4 is 35.3 Å². The Kier molecular flexibility index (Phi) is 3.27. The van der Waals surface area contributed by atoms with Crippen molar-refractivity contribution in [3.05, 3.63) is 64.1 Å². The first-order chi connectivity index (χ1) is 10.1.